The summed E-state index contributed by atoms with van der Waals surface area (Å²) in [6, 6.07) is 12.9. The van der Waals surface area contributed by atoms with Crippen LogP contribution in [0.25, 0.3) is 0 Å². The molecular formula is C21H20BrF3O5. The van der Waals surface area contributed by atoms with Crippen molar-refractivity contribution in [3.05, 3.63) is 70.2 Å². The second-order valence-corrected chi connectivity index (χ2v) is 7.12. The van der Waals surface area contributed by atoms with Gasteiger partial charge in [-0.3, -0.25) is 4.79 Å². The number of methoxy groups -OCH3 is 1. The van der Waals surface area contributed by atoms with E-state index in [0.717, 1.165) is 23.7 Å². The number of halogens is 4. The third kappa shape index (κ3) is 5.02. The average molecular weight is 489 g/mol. The second kappa shape index (κ2) is 10.1. The number of alkyl halides is 3. The average Bonchev–Trinajstić information content (AvgIpc) is 2.70. The van der Waals surface area contributed by atoms with Crippen LogP contribution in [0.1, 0.15) is 24.0 Å². The van der Waals surface area contributed by atoms with Crippen molar-refractivity contribution in [1.82, 2.24) is 0 Å². The lowest BCUT2D eigenvalue weighted by molar-refractivity contribution is -0.276. The van der Waals surface area contributed by atoms with Crippen molar-refractivity contribution in [2.45, 2.75) is 24.6 Å². The predicted octanol–water partition coefficient (Wildman–Crippen LogP) is 4.74. The first-order chi connectivity index (χ1) is 14.2. The van der Waals surface area contributed by atoms with Crippen molar-refractivity contribution in [1.29, 1.82) is 0 Å². The minimum atomic E-state index is -5.10. The predicted molar refractivity (Wildman–Crippen MR) is 106 cm³/mol. The Balaban J connectivity index is 2.35. The molecular weight excluding hydrogens is 469 g/mol. The molecule has 9 heteroatoms. The minimum Gasteiger partial charge on any atom is -0.465 e. The Morgan fingerprint density at radius 3 is 2.10 bits per heavy atom. The number of esters is 2. The smallest absolute Gasteiger partial charge is 0.432 e. The van der Waals surface area contributed by atoms with Crippen molar-refractivity contribution in [2.24, 2.45) is 0 Å². The van der Waals surface area contributed by atoms with Gasteiger partial charge in [-0.15, -0.1) is 0 Å². The molecule has 2 atom stereocenters. The maximum Gasteiger partial charge on any atom is 0.432 e. The highest BCUT2D eigenvalue weighted by Gasteiger charge is 2.64. The summed E-state index contributed by atoms with van der Waals surface area (Å²) in [5.74, 6) is -3.49. The molecule has 0 aromatic heterocycles. The molecule has 1 unspecified atom stereocenters. The zero-order valence-electron chi connectivity index (χ0n) is 16.2. The molecule has 5 nitrogen and oxygen atoms in total. The molecule has 0 saturated carbocycles. The Hall–Kier alpha value is -2.39. The number of benzene rings is 2. The van der Waals surface area contributed by atoms with Crippen LogP contribution >= 0.6 is 15.9 Å². The lowest BCUT2D eigenvalue weighted by Gasteiger charge is -2.32. The summed E-state index contributed by atoms with van der Waals surface area (Å²) >= 11 is 3.26. The molecule has 0 spiro atoms. The van der Waals surface area contributed by atoms with Crippen molar-refractivity contribution < 1.29 is 37.0 Å². The Labute approximate surface area is 180 Å². The van der Waals surface area contributed by atoms with E-state index in [4.69, 9.17) is 14.2 Å². The van der Waals surface area contributed by atoms with E-state index in [1.807, 2.05) is 0 Å². The summed E-state index contributed by atoms with van der Waals surface area (Å²) in [4.78, 5) is 25.0. The molecule has 2 aromatic rings. The summed E-state index contributed by atoms with van der Waals surface area (Å²) < 4.78 is 57.3. The van der Waals surface area contributed by atoms with Crippen LogP contribution in [-0.2, 0) is 29.4 Å². The highest BCUT2D eigenvalue weighted by Crippen LogP contribution is 2.43. The first kappa shape index (κ1) is 23.9. The fourth-order valence-electron chi connectivity index (χ4n) is 2.89. The Kier molecular flexibility index (Phi) is 8.03. The highest BCUT2D eigenvalue weighted by atomic mass is 79.9. The van der Waals surface area contributed by atoms with E-state index in [1.54, 1.807) is 31.2 Å². The molecule has 0 bridgehead atoms. The first-order valence-corrected chi connectivity index (χ1v) is 9.73. The molecule has 30 heavy (non-hydrogen) atoms. The molecule has 0 saturated heterocycles. The van der Waals surface area contributed by atoms with Crippen LogP contribution < -0.4 is 0 Å². The van der Waals surface area contributed by atoms with Gasteiger partial charge < -0.3 is 14.2 Å². The van der Waals surface area contributed by atoms with E-state index in [-0.39, 0.29) is 6.61 Å². The van der Waals surface area contributed by atoms with Crippen LogP contribution in [0.3, 0.4) is 0 Å². The van der Waals surface area contributed by atoms with Crippen LogP contribution in [-0.4, -0.2) is 38.4 Å². The van der Waals surface area contributed by atoms with E-state index >= 15 is 0 Å². The molecule has 0 aliphatic heterocycles. The van der Waals surface area contributed by atoms with Gasteiger partial charge in [0.15, 0.2) is 0 Å². The first-order valence-electron chi connectivity index (χ1n) is 8.94. The van der Waals surface area contributed by atoms with Crippen molar-refractivity contribution >= 4 is 27.9 Å². The molecule has 0 N–H and O–H groups in total. The van der Waals surface area contributed by atoms with Gasteiger partial charge in [-0.05, 0) is 24.6 Å². The second-order valence-electron chi connectivity index (χ2n) is 6.20. The lowest BCUT2D eigenvalue weighted by atomic mass is 9.92. The number of rotatable bonds is 8. The van der Waals surface area contributed by atoms with E-state index < -0.39 is 41.8 Å². The number of hydrogen-bond donors (Lipinski definition) is 0. The van der Waals surface area contributed by atoms with Gasteiger partial charge in [-0.1, -0.05) is 58.4 Å². The summed E-state index contributed by atoms with van der Waals surface area (Å²) in [7, 11) is 0.777. The zero-order chi connectivity index (χ0) is 22.4. The summed E-state index contributed by atoms with van der Waals surface area (Å²) in [5, 5.41) is 0. The SMILES string of the molecule is CCOC(=O)C(COC(=O)[C@](OC)(c1ccccc1)C(F)(F)F)c1ccc(Br)cc1. The topological polar surface area (TPSA) is 61.8 Å². The largest absolute Gasteiger partial charge is 0.465 e. The number of carbonyl (C=O) groups is 2. The maximum atomic E-state index is 14.0. The zero-order valence-corrected chi connectivity index (χ0v) is 17.8. The molecule has 2 aromatic carbocycles. The van der Waals surface area contributed by atoms with Crippen LogP contribution in [0.4, 0.5) is 13.2 Å². The van der Waals surface area contributed by atoms with E-state index in [1.165, 1.54) is 18.2 Å². The van der Waals surface area contributed by atoms with Crippen LogP contribution in [0.5, 0.6) is 0 Å². The third-order valence-corrected chi connectivity index (χ3v) is 4.93. The normalized spacial score (nSPS) is 14.5. The van der Waals surface area contributed by atoms with E-state index in [0.29, 0.717) is 5.56 Å². The lowest BCUT2D eigenvalue weighted by Crippen LogP contribution is -2.52. The maximum absolute atomic E-state index is 14.0. The number of ether oxygens (including phenoxy) is 3. The molecule has 0 fully saturated rings. The highest BCUT2D eigenvalue weighted by molar-refractivity contribution is 9.10. The Bertz CT molecular complexity index is 855. The van der Waals surface area contributed by atoms with Crippen LogP contribution in [0.2, 0.25) is 0 Å². The van der Waals surface area contributed by atoms with Gasteiger partial charge in [0.1, 0.15) is 12.5 Å². The number of carbonyl (C=O) groups excluding carboxylic acids is 2. The van der Waals surface area contributed by atoms with Crippen molar-refractivity contribution in [2.75, 3.05) is 20.3 Å². The minimum absolute atomic E-state index is 0.0639. The Morgan fingerprint density at radius 1 is 1.00 bits per heavy atom. The molecule has 0 heterocycles. The quantitative estimate of drug-likeness (QED) is 0.502. The molecule has 0 aliphatic rings. The van der Waals surface area contributed by atoms with Crippen molar-refractivity contribution in [3.63, 3.8) is 0 Å². The van der Waals surface area contributed by atoms with Crippen LogP contribution in [0, 0.1) is 0 Å². The van der Waals surface area contributed by atoms with Crippen molar-refractivity contribution in [3.8, 4) is 0 Å². The fraction of sp³-hybridized carbons (Fsp3) is 0.333. The van der Waals surface area contributed by atoms with Gasteiger partial charge in [0, 0.05) is 17.1 Å². The van der Waals surface area contributed by atoms with E-state index in [2.05, 4.69) is 15.9 Å². The van der Waals surface area contributed by atoms with E-state index in [9.17, 15) is 22.8 Å². The molecule has 0 radical (unpaired) electrons. The molecule has 2 rings (SSSR count). The van der Waals surface area contributed by atoms with Crippen LogP contribution in [0.15, 0.2) is 59.1 Å². The van der Waals surface area contributed by atoms with Gasteiger partial charge >= 0.3 is 18.1 Å². The Morgan fingerprint density at radius 2 is 1.60 bits per heavy atom. The molecule has 0 aliphatic carbocycles. The van der Waals surface area contributed by atoms with Gasteiger partial charge in [0.05, 0.1) is 6.61 Å². The number of hydrogen-bond acceptors (Lipinski definition) is 5. The van der Waals surface area contributed by atoms with Gasteiger partial charge in [0.25, 0.3) is 5.60 Å². The molecule has 162 valence electrons. The summed E-state index contributed by atoms with van der Waals surface area (Å²) in [6.07, 6.45) is -5.10. The standard InChI is InChI=1S/C21H20BrF3O5/c1-3-29-18(26)17(14-9-11-16(22)12-10-14)13-30-19(27)20(28-2,21(23,24)25)15-7-5-4-6-8-15/h4-12,17H,3,13H2,1-2H3/t17?,20-/m1/s1. The van der Waals surface area contributed by atoms with Gasteiger partial charge in [-0.2, -0.15) is 13.2 Å². The van der Waals surface area contributed by atoms with Gasteiger partial charge in [0.2, 0.25) is 0 Å². The monoisotopic (exact) mass is 488 g/mol. The third-order valence-electron chi connectivity index (χ3n) is 4.40. The summed E-state index contributed by atoms with van der Waals surface area (Å²) in [6.45, 7) is 1.01. The summed E-state index contributed by atoms with van der Waals surface area (Å²) in [5.41, 5.74) is -3.33. The molecule has 0 amide bonds. The van der Waals surface area contributed by atoms with Gasteiger partial charge in [-0.25, -0.2) is 4.79 Å². The fourth-order valence-corrected chi connectivity index (χ4v) is 3.15.